The molecule has 1 atom stereocenters. The van der Waals surface area contributed by atoms with Gasteiger partial charge in [0.2, 0.25) is 0 Å². The lowest BCUT2D eigenvalue weighted by Crippen LogP contribution is -2.25. The zero-order chi connectivity index (χ0) is 14.9. The lowest BCUT2D eigenvalue weighted by atomic mass is 10.1. The Hall–Kier alpha value is -1.65. The van der Waals surface area contributed by atoms with E-state index in [9.17, 15) is 8.42 Å². The van der Waals surface area contributed by atoms with E-state index < -0.39 is 9.84 Å². The van der Waals surface area contributed by atoms with Crippen molar-refractivity contribution in [1.29, 1.82) is 0 Å². The molecule has 0 saturated heterocycles. The van der Waals surface area contributed by atoms with Crippen molar-refractivity contribution in [3.8, 4) is 0 Å². The van der Waals surface area contributed by atoms with Gasteiger partial charge in [-0.2, -0.15) is 0 Å². The Kier molecular flexibility index (Phi) is 3.83. The molecule has 0 radical (unpaired) electrons. The Labute approximate surface area is 125 Å². The standard InChI is InChI=1S/C17H19NO2S/c1-13-5-4-6-14(11-13)9-10-18-16-12-21(19,20)17-8-3-2-7-15(16)17/h2-8,11,16,18H,9-10,12H2,1H3. The molecule has 4 heteroatoms. The highest BCUT2D eigenvalue weighted by Crippen LogP contribution is 2.32. The van der Waals surface area contributed by atoms with Crippen LogP contribution in [-0.4, -0.2) is 20.7 Å². The maximum Gasteiger partial charge on any atom is 0.180 e. The molecule has 0 saturated carbocycles. The average molecular weight is 301 g/mol. The zero-order valence-corrected chi connectivity index (χ0v) is 12.9. The maximum absolute atomic E-state index is 12.1. The number of hydrogen-bond acceptors (Lipinski definition) is 3. The van der Waals surface area contributed by atoms with Gasteiger partial charge in [0.05, 0.1) is 10.6 Å². The van der Waals surface area contributed by atoms with E-state index in [0.717, 1.165) is 18.5 Å². The molecule has 0 aromatic heterocycles. The minimum absolute atomic E-state index is 0.0870. The van der Waals surface area contributed by atoms with Crippen LogP contribution in [0.3, 0.4) is 0 Å². The van der Waals surface area contributed by atoms with Crippen LogP contribution in [0.5, 0.6) is 0 Å². The predicted molar refractivity (Wildman–Crippen MR) is 84.1 cm³/mol. The van der Waals surface area contributed by atoms with Crippen molar-refractivity contribution in [2.45, 2.75) is 24.3 Å². The van der Waals surface area contributed by atoms with Gasteiger partial charge in [-0.05, 0) is 37.1 Å². The summed E-state index contributed by atoms with van der Waals surface area (Å²) in [6.07, 6.45) is 0.903. The minimum atomic E-state index is -3.12. The molecule has 1 aliphatic rings. The van der Waals surface area contributed by atoms with Gasteiger partial charge in [0.1, 0.15) is 0 Å². The number of nitrogens with one attached hydrogen (secondary N) is 1. The van der Waals surface area contributed by atoms with Crippen LogP contribution < -0.4 is 5.32 Å². The van der Waals surface area contributed by atoms with Gasteiger partial charge in [-0.15, -0.1) is 0 Å². The van der Waals surface area contributed by atoms with Crippen LogP contribution in [0.15, 0.2) is 53.4 Å². The Morgan fingerprint density at radius 3 is 2.76 bits per heavy atom. The molecule has 21 heavy (non-hydrogen) atoms. The van der Waals surface area contributed by atoms with Crippen molar-refractivity contribution in [3.05, 3.63) is 65.2 Å². The number of hydrogen-bond donors (Lipinski definition) is 1. The lowest BCUT2D eigenvalue weighted by Gasteiger charge is -2.12. The number of aryl methyl sites for hydroxylation is 1. The first-order chi connectivity index (χ1) is 10.1. The summed E-state index contributed by atoms with van der Waals surface area (Å²) in [5.41, 5.74) is 3.43. The van der Waals surface area contributed by atoms with Crippen molar-refractivity contribution in [3.63, 3.8) is 0 Å². The van der Waals surface area contributed by atoms with Gasteiger partial charge in [-0.25, -0.2) is 8.42 Å². The molecule has 0 fully saturated rings. The molecular formula is C17H19NO2S. The largest absolute Gasteiger partial charge is 0.309 e. The molecular weight excluding hydrogens is 282 g/mol. The molecule has 0 spiro atoms. The molecule has 3 nitrogen and oxygen atoms in total. The van der Waals surface area contributed by atoms with Gasteiger partial charge in [0.25, 0.3) is 0 Å². The second kappa shape index (κ2) is 5.62. The van der Waals surface area contributed by atoms with E-state index in [-0.39, 0.29) is 11.8 Å². The monoisotopic (exact) mass is 301 g/mol. The second-order valence-electron chi connectivity index (χ2n) is 5.57. The molecule has 2 aromatic rings. The topological polar surface area (TPSA) is 46.2 Å². The summed E-state index contributed by atoms with van der Waals surface area (Å²) in [4.78, 5) is 0.484. The lowest BCUT2D eigenvalue weighted by molar-refractivity contribution is 0.568. The summed E-state index contributed by atoms with van der Waals surface area (Å²) in [6.45, 7) is 2.86. The predicted octanol–water partition coefficient (Wildman–Crippen LogP) is 2.66. The number of rotatable bonds is 4. The van der Waals surface area contributed by atoms with Crippen LogP contribution in [0.4, 0.5) is 0 Å². The van der Waals surface area contributed by atoms with Crippen molar-refractivity contribution in [2.75, 3.05) is 12.3 Å². The first kappa shape index (κ1) is 14.3. The normalized spacial score (nSPS) is 19.4. The van der Waals surface area contributed by atoms with Crippen molar-refractivity contribution < 1.29 is 8.42 Å². The van der Waals surface area contributed by atoms with Gasteiger partial charge in [0.15, 0.2) is 9.84 Å². The molecule has 0 aliphatic carbocycles. The Balaban J connectivity index is 1.67. The fourth-order valence-electron chi connectivity index (χ4n) is 2.88. The van der Waals surface area contributed by atoms with Gasteiger partial charge in [-0.3, -0.25) is 0 Å². The first-order valence-corrected chi connectivity index (χ1v) is 8.82. The van der Waals surface area contributed by atoms with E-state index in [0.29, 0.717) is 4.90 Å². The van der Waals surface area contributed by atoms with Crippen LogP contribution in [0.25, 0.3) is 0 Å². The second-order valence-corrected chi connectivity index (χ2v) is 7.57. The van der Waals surface area contributed by atoms with Gasteiger partial charge in [0, 0.05) is 6.04 Å². The van der Waals surface area contributed by atoms with Crippen LogP contribution in [0.2, 0.25) is 0 Å². The van der Waals surface area contributed by atoms with Crippen LogP contribution >= 0.6 is 0 Å². The van der Waals surface area contributed by atoms with E-state index in [1.54, 1.807) is 12.1 Å². The van der Waals surface area contributed by atoms with Crippen molar-refractivity contribution in [1.82, 2.24) is 5.32 Å². The number of fused-ring (bicyclic) bond motifs is 1. The quantitative estimate of drug-likeness (QED) is 0.944. The highest BCUT2D eigenvalue weighted by atomic mass is 32.2. The fourth-order valence-corrected chi connectivity index (χ4v) is 4.65. The third-order valence-electron chi connectivity index (χ3n) is 3.90. The van der Waals surface area contributed by atoms with E-state index in [1.807, 2.05) is 12.1 Å². The minimum Gasteiger partial charge on any atom is -0.309 e. The van der Waals surface area contributed by atoms with Gasteiger partial charge >= 0.3 is 0 Å². The smallest absolute Gasteiger partial charge is 0.180 e. The van der Waals surface area contributed by atoms with Crippen LogP contribution in [-0.2, 0) is 16.3 Å². The fraction of sp³-hybridized carbons (Fsp3) is 0.294. The Bertz CT molecular complexity index is 753. The molecule has 110 valence electrons. The highest BCUT2D eigenvalue weighted by Gasteiger charge is 2.33. The molecule has 0 amide bonds. The molecule has 2 aromatic carbocycles. The average Bonchev–Trinajstić information content (AvgIpc) is 2.71. The van der Waals surface area contributed by atoms with E-state index in [4.69, 9.17) is 0 Å². The van der Waals surface area contributed by atoms with E-state index in [1.165, 1.54) is 11.1 Å². The molecule has 3 rings (SSSR count). The van der Waals surface area contributed by atoms with Crippen molar-refractivity contribution >= 4 is 9.84 Å². The first-order valence-electron chi connectivity index (χ1n) is 7.17. The highest BCUT2D eigenvalue weighted by molar-refractivity contribution is 7.91. The Morgan fingerprint density at radius 2 is 1.95 bits per heavy atom. The van der Waals surface area contributed by atoms with Crippen LogP contribution in [0.1, 0.15) is 22.7 Å². The summed E-state index contributed by atoms with van der Waals surface area (Å²) in [5, 5.41) is 3.38. The Morgan fingerprint density at radius 1 is 1.14 bits per heavy atom. The zero-order valence-electron chi connectivity index (χ0n) is 12.0. The summed E-state index contributed by atoms with van der Waals surface area (Å²) in [5.74, 6) is 0.167. The SMILES string of the molecule is Cc1cccc(CCNC2CS(=O)(=O)c3ccccc32)c1. The van der Waals surface area contributed by atoms with Crippen molar-refractivity contribution in [2.24, 2.45) is 0 Å². The third kappa shape index (κ3) is 3.01. The summed E-state index contributed by atoms with van der Waals surface area (Å²) < 4.78 is 24.2. The number of sulfone groups is 1. The molecule has 1 heterocycles. The van der Waals surface area contributed by atoms with Crippen LogP contribution in [0, 0.1) is 6.92 Å². The van der Waals surface area contributed by atoms with E-state index in [2.05, 4.69) is 36.5 Å². The summed E-state index contributed by atoms with van der Waals surface area (Å²) in [6, 6.07) is 15.6. The molecule has 1 N–H and O–H groups in total. The van der Waals surface area contributed by atoms with Gasteiger partial charge in [-0.1, -0.05) is 48.0 Å². The molecule has 0 bridgehead atoms. The van der Waals surface area contributed by atoms with E-state index >= 15 is 0 Å². The molecule has 1 aliphatic heterocycles. The summed E-state index contributed by atoms with van der Waals surface area (Å²) >= 11 is 0. The third-order valence-corrected chi connectivity index (χ3v) is 5.72. The summed E-state index contributed by atoms with van der Waals surface area (Å²) in [7, 11) is -3.12. The number of benzene rings is 2. The molecule has 1 unspecified atom stereocenters. The maximum atomic E-state index is 12.1. The van der Waals surface area contributed by atoms with Gasteiger partial charge < -0.3 is 5.32 Å².